The van der Waals surface area contributed by atoms with E-state index in [0.29, 0.717) is 17.1 Å². The van der Waals surface area contributed by atoms with Crippen LogP contribution in [0, 0.1) is 13.8 Å². The molecule has 1 fully saturated rings. The lowest BCUT2D eigenvalue weighted by Gasteiger charge is -2.38. The maximum Gasteiger partial charge on any atom is 0.225 e. The Bertz CT molecular complexity index is 1200. The van der Waals surface area contributed by atoms with Crippen molar-refractivity contribution in [3.8, 4) is 11.3 Å². The Labute approximate surface area is 206 Å². The van der Waals surface area contributed by atoms with Crippen LogP contribution in [0.2, 0.25) is 5.02 Å². The molecule has 0 aliphatic carbocycles. The van der Waals surface area contributed by atoms with Crippen molar-refractivity contribution in [2.24, 2.45) is 0 Å². The third-order valence-corrected chi connectivity index (χ3v) is 7.14. The lowest BCUT2D eigenvalue weighted by Crippen LogP contribution is -2.54. The van der Waals surface area contributed by atoms with E-state index in [1.807, 2.05) is 19.3 Å². The molecule has 0 saturated carbocycles. The monoisotopic (exact) mass is 477 g/mol. The number of anilines is 2. The van der Waals surface area contributed by atoms with Crippen molar-refractivity contribution in [2.45, 2.75) is 59.2 Å². The van der Waals surface area contributed by atoms with Crippen LogP contribution in [0.5, 0.6) is 0 Å². The molecule has 178 valence electrons. The molecule has 3 atom stereocenters. The molecule has 8 heteroatoms. The summed E-state index contributed by atoms with van der Waals surface area (Å²) in [5.74, 6) is 1.74. The highest BCUT2D eigenvalue weighted by molar-refractivity contribution is 6.33. The van der Waals surface area contributed by atoms with Gasteiger partial charge in [-0.05, 0) is 51.8 Å². The van der Waals surface area contributed by atoms with Crippen LogP contribution in [0.1, 0.15) is 49.2 Å². The summed E-state index contributed by atoms with van der Waals surface area (Å²) in [6.07, 6.45) is 6.48. The number of pyridine rings is 2. The smallest absolute Gasteiger partial charge is 0.225 e. The highest BCUT2D eigenvalue weighted by Gasteiger charge is 2.29. The number of nitrogens with zero attached hydrogens (tertiary/aromatic N) is 6. The van der Waals surface area contributed by atoms with E-state index in [0.717, 1.165) is 71.5 Å². The number of fused-ring (bicyclic) bond motifs is 1. The van der Waals surface area contributed by atoms with Gasteiger partial charge in [0.05, 0.1) is 22.5 Å². The van der Waals surface area contributed by atoms with Gasteiger partial charge in [0, 0.05) is 67.9 Å². The van der Waals surface area contributed by atoms with E-state index in [-0.39, 0.29) is 6.04 Å². The number of rotatable bonds is 3. The predicted molar refractivity (Wildman–Crippen MR) is 138 cm³/mol. The fraction of sp³-hybridized carbons (Fsp3) is 0.462. The molecule has 2 aliphatic heterocycles. The molecule has 0 radical (unpaired) electrons. The van der Waals surface area contributed by atoms with Gasteiger partial charge >= 0.3 is 0 Å². The Morgan fingerprint density at radius 1 is 0.971 bits per heavy atom. The standard InChI is InChI=1S/C26H32ClN7/c1-15-8-16(2)25(29-10-15)20-9-24(28-12-22(20)27)34-7-6-23-21(19(34)5)11-30-26(32-23)33-13-17(3)31-18(4)14-33/h8-12,17-19,31H,6-7,13-14H2,1-5H3. The van der Waals surface area contributed by atoms with Gasteiger partial charge in [-0.2, -0.15) is 0 Å². The van der Waals surface area contributed by atoms with Gasteiger partial charge in [0.1, 0.15) is 5.82 Å². The number of piperazine rings is 1. The van der Waals surface area contributed by atoms with Crippen molar-refractivity contribution >= 4 is 23.4 Å². The topological polar surface area (TPSA) is 70.1 Å². The number of aromatic nitrogens is 4. The highest BCUT2D eigenvalue weighted by Crippen LogP contribution is 2.36. The summed E-state index contributed by atoms with van der Waals surface area (Å²) in [4.78, 5) is 23.7. The predicted octanol–water partition coefficient (Wildman–Crippen LogP) is 4.51. The molecular weight excluding hydrogens is 446 g/mol. The molecule has 3 unspecified atom stereocenters. The molecule has 0 amide bonds. The quantitative estimate of drug-likeness (QED) is 0.594. The molecule has 2 aliphatic rings. The lowest BCUT2D eigenvalue weighted by atomic mass is 9.99. The van der Waals surface area contributed by atoms with Crippen molar-refractivity contribution < 1.29 is 0 Å². The summed E-state index contributed by atoms with van der Waals surface area (Å²) >= 11 is 6.56. The highest BCUT2D eigenvalue weighted by atomic mass is 35.5. The molecule has 0 spiro atoms. The van der Waals surface area contributed by atoms with Crippen molar-refractivity contribution in [2.75, 3.05) is 29.4 Å². The second kappa shape index (κ2) is 9.12. The van der Waals surface area contributed by atoms with Crippen LogP contribution < -0.4 is 15.1 Å². The fourth-order valence-corrected chi connectivity index (χ4v) is 5.46. The van der Waals surface area contributed by atoms with E-state index in [4.69, 9.17) is 21.6 Å². The minimum atomic E-state index is 0.118. The zero-order valence-corrected chi connectivity index (χ0v) is 21.3. The van der Waals surface area contributed by atoms with Gasteiger partial charge in [-0.15, -0.1) is 0 Å². The second-order valence-corrected chi connectivity index (χ2v) is 10.2. The molecule has 34 heavy (non-hydrogen) atoms. The summed E-state index contributed by atoms with van der Waals surface area (Å²) in [6.45, 7) is 13.4. The molecule has 0 bridgehead atoms. The van der Waals surface area contributed by atoms with Crippen molar-refractivity contribution in [1.29, 1.82) is 0 Å². The molecule has 1 N–H and O–H groups in total. The SMILES string of the molecule is Cc1cnc(-c2cc(N3CCc4nc(N5CC(C)NC(C)C5)ncc4C3C)ncc2Cl)c(C)c1. The van der Waals surface area contributed by atoms with E-state index in [1.54, 1.807) is 6.20 Å². The van der Waals surface area contributed by atoms with Crippen molar-refractivity contribution in [3.05, 3.63) is 58.1 Å². The van der Waals surface area contributed by atoms with E-state index in [2.05, 4.69) is 64.9 Å². The number of nitrogens with one attached hydrogen (secondary N) is 1. The van der Waals surface area contributed by atoms with Gasteiger partial charge < -0.3 is 15.1 Å². The normalized spacial score (nSPS) is 22.6. The number of hydrogen-bond donors (Lipinski definition) is 1. The van der Waals surface area contributed by atoms with Gasteiger partial charge in [-0.25, -0.2) is 15.0 Å². The summed E-state index contributed by atoms with van der Waals surface area (Å²) in [5.41, 5.74) is 6.35. The number of halogens is 1. The van der Waals surface area contributed by atoms with Gasteiger partial charge in [0.2, 0.25) is 5.95 Å². The molecule has 3 aromatic rings. The first-order chi connectivity index (χ1) is 16.3. The lowest BCUT2D eigenvalue weighted by molar-refractivity contribution is 0.402. The largest absolute Gasteiger partial charge is 0.349 e. The Morgan fingerprint density at radius 3 is 2.47 bits per heavy atom. The van der Waals surface area contributed by atoms with Gasteiger partial charge in [-0.1, -0.05) is 17.7 Å². The molecule has 1 saturated heterocycles. The average Bonchev–Trinajstić information content (AvgIpc) is 2.79. The Morgan fingerprint density at radius 2 is 1.74 bits per heavy atom. The molecule has 5 heterocycles. The van der Waals surface area contributed by atoms with Crippen LogP contribution in [-0.2, 0) is 6.42 Å². The molecular formula is C26H32ClN7. The molecule has 0 aromatic carbocycles. The van der Waals surface area contributed by atoms with Crippen LogP contribution >= 0.6 is 11.6 Å². The van der Waals surface area contributed by atoms with Crippen LogP contribution in [0.25, 0.3) is 11.3 Å². The number of hydrogen-bond acceptors (Lipinski definition) is 7. The average molecular weight is 478 g/mol. The zero-order chi connectivity index (χ0) is 24.0. The molecule has 7 nitrogen and oxygen atoms in total. The number of aryl methyl sites for hydroxylation is 2. The van der Waals surface area contributed by atoms with E-state index >= 15 is 0 Å². The summed E-state index contributed by atoms with van der Waals surface area (Å²) in [6, 6.07) is 5.16. The van der Waals surface area contributed by atoms with Crippen LogP contribution in [0.4, 0.5) is 11.8 Å². The van der Waals surface area contributed by atoms with E-state index in [1.165, 1.54) is 0 Å². The molecule has 5 rings (SSSR count). The van der Waals surface area contributed by atoms with E-state index < -0.39 is 0 Å². The van der Waals surface area contributed by atoms with Gasteiger partial charge in [-0.3, -0.25) is 4.98 Å². The summed E-state index contributed by atoms with van der Waals surface area (Å²) in [7, 11) is 0. The Hall–Kier alpha value is -2.77. The van der Waals surface area contributed by atoms with Crippen molar-refractivity contribution in [1.82, 2.24) is 25.3 Å². The maximum absolute atomic E-state index is 6.56. The van der Waals surface area contributed by atoms with Crippen LogP contribution in [-0.4, -0.2) is 51.7 Å². The van der Waals surface area contributed by atoms with E-state index in [9.17, 15) is 0 Å². The summed E-state index contributed by atoms with van der Waals surface area (Å²) < 4.78 is 0. The second-order valence-electron chi connectivity index (χ2n) is 9.77. The maximum atomic E-state index is 6.56. The zero-order valence-electron chi connectivity index (χ0n) is 20.5. The third kappa shape index (κ3) is 4.34. The summed E-state index contributed by atoms with van der Waals surface area (Å²) in [5, 5.41) is 4.19. The molecule has 3 aromatic heterocycles. The first kappa shape index (κ1) is 23.0. The fourth-order valence-electron chi connectivity index (χ4n) is 5.27. The van der Waals surface area contributed by atoms with Gasteiger partial charge in [0.25, 0.3) is 0 Å². The van der Waals surface area contributed by atoms with Crippen LogP contribution in [0.15, 0.2) is 30.7 Å². The third-order valence-electron chi connectivity index (χ3n) is 6.84. The van der Waals surface area contributed by atoms with Gasteiger partial charge in [0.15, 0.2) is 0 Å². The Balaban J connectivity index is 1.43. The minimum Gasteiger partial charge on any atom is -0.349 e. The van der Waals surface area contributed by atoms with Crippen LogP contribution in [0.3, 0.4) is 0 Å². The first-order valence-electron chi connectivity index (χ1n) is 12.0. The Kier molecular flexibility index (Phi) is 6.16. The van der Waals surface area contributed by atoms with Crippen molar-refractivity contribution in [3.63, 3.8) is 0 Å². The minimum absolute atomic E-state index is 0.118. The first-order valence-corrected chi connectivity index (χ1v) is 12.4.